The van der Waals surface area contributed by atoms with E-state index in [0.717, 1.165) is 34.6 Å². The first-order valence-electron chi connectivity index (χ1n) is 40.1. The van der Waals surface area contributed by atoms with Crippen molar-refractivity contribution in [1.29, 1.82) is 0 Å². The quantitative estimate of drug-likeness (QED) is 0.0290. The van der Waals surface area contributed by atoms with Crippen LogP contribution in [-0.2, 0) is 114 Å². The van der Waals surface area contributed by atoms with Gasteiger partial charge in [-0.3, -0.25) is 24.0 Å². The molecule has 0 aromatic heterocycles. The number of hydrogen-bond donors (Lipinski definition) is 32. The maximum Gasteiger partial charge on any atom is 0.217 e. The second kappa shape index (κ2) is 45.5. The summed E-state index contributed by atoms with van der Waals surface area (Å²) in [6, 6.07) is -9.19. The van der Waals surface area contributed by atoms with Gasteiger partial charge in [0, 0.05) is 34.6 Å². The number of ether oxygens (including phenoxy) is 19. The molecule has 0 saturated carbocycles. The van der Waals surface area contributed by atoms with Gasteiger partial charge in [0.05, 0.1) is 66.1 Å². The van der Waals surface area contributed by atoms with E-state index in [1.807, 2.05) is 0 Å². The minimum atomic E-state index is -2.55. The SMILES string of the molecule is CC(=O)N[C@H]1[C@H](O[C@@H]2[C@@H](OC[C@H]3O[C@@H](O[C@H]4[C@H](O)[C@@H](NC(C)=O)C(O)O[C@@H]4CO)[C@@H](O)[C@@H](O[C@H]4O[C@H](CO)[C@@H](O)[C@H](O)[C@@H]4O[C@@H]4O[C@H](CO)[C@@H](O[C@@H]5O[C@H](CO)[C@H](O)[C@H](O[C@@H]6O[C@H](CO)[C@@H](O)[C@H](O)[C@H]6NC(C)=O)[C@H]5O)[C@H](O)[C@H]4NC(C)=O)[C@@H]3O)O[C@H](CO)[C@@H](O)[C@@H]2O)O[C@H](CO)[C@@H](O[C@@H]2O[C@H](CO)[C@H](O)[C@H](O[C@@H]3O[C@H](CO)[C@@H](O)[C@H](O)[C@H]3NC(C)=O)[C@H]2O)[C@@H]1O. The maximum atomic E-state index is 13.2. The van der Waals surface area contributed by atoms with Gasteiger partial charge in [-0.05, 0) is 0 Å². The van der Waals surface area contributed by atoms with Crippen LogP contribution in [0.1, 0.15) is 34.6 Å². The number of carbonyl (C=O) groups is 5. The van der Waals surface area contributed by atoms with Gasteiger partial charge in [-0.1, -0.05) is 0 Å². The van der Waals surface area contributed by atoms with Crippen LogP contribution in [0.4, 0.5) is 0 Å². The van der Waals surface area contributed by atoms with E-state index < -0.39 is 402 Å². The number of nitrogens with one attached hydrogen (secondary N) is 5. The van der Waals surface area contributed by atoms with Gasteiger partial charge < -0.3 is 254 Å². The molecule has 56 heteroatoms. The number of rotatable bonds is 33. The molecular formula is C70H117N5O51. The standard InChI is InChI=1S/C70H117N5O51/c1-16(85)71-31-45(99)53(27(12-82)109-61(31)107)119-68-52(106)58(124-70-60(49(103)39(93)24(9-79)115-70)126-65-35(75-20(5)89)47(101)55(29(14-84)117-65)121-67-51(105)57(41(95)26(11-81)113-67)123-63-33(73-18(3)87)44(98)37(91)22(7-77)111-63)42(96)30(118-68)15-108-69-59(48(102)38(92)23(8-78)114-69)125-64-34(74-19(4)88)46(100)54(28(13-83)116-64)120-66-50(104)56(40(94)25(10-80)112-66)122-62-32(72-17(2)86)43(97)36(90)21(6-76)110-62/h21-70,76-84,90-107H,6-15H2,1-5H3,(H,71,85)(H,72,86)(H,73,87)(H,74,88)(H,75,89)/t21-,22-,23-,24-,25-,26-,27-,28-,29-,30-,31-,32-,33-,34-,35-,36-,37-,38-,39-,40+,41+,42-,43-,44-,45-,46-,47-,48+,49+,50-,51-,52+,53-,54-,55-,56+,57+,58+,59+,60+,61?,62+,63+,64+,65+,66+,67+,68+,69+,70-/m1/s1. The summed E-state index contributed by atoms with van der Waals surface area (Å²) in [5.41, 5.74) is 0. The number of aliphatic hydroxyl groups is 27. The summed E-state index contributed by atoms with van der Waals surface area (Å²) in [5.74, 6) is -4.49. The second-order valence-electron chi connectivity index (χ2n) is 31.7. The fourth-order valence-corrected chi connectivity index (χ4v) is 16.3. The van der Waals surface area contributed by atoms with Gasteiger partial charge in [0.25, 0.3) is 0 Å². The Bertz CT molecular complexity index is 3440. The Morgan fingerprint density at radius 3 is 0.746 bits per heavy atom. The zero-order chi connectivity index (χ0) is 92.8. The first-order valence-corrected chi connectivity index (χ1v) is 40.1. The predicted molar refractivity (Wildman–Crippen MR) is 388 cm³/mol. The van der Waals surface area contributed by atoms with E-state index in [-0.39, 0.29) is 0 Å². The highest BCUT2D eigenvalue weighted by atomic mass is 16.8. The van der Waals surface area contributed by atoms with Crippen LogP contribution in [0.2, 0.25) is 0 Å². The highest BCUT2D eigenvalue weighted by Crippen LogP contribution is 2.41. The number of hydrogen-bond acceptors (Lipinski definition) is 51. The fraction of sp³-hybridized carbons (Fsp3) is 0.929. The Morgan fingerprint density at radius 1 is 0.206 bits per heavy atom. The molecule has 0 aliphatic carbocycles. The average Bonchev–Trinajstić information content (AvgIpc) is 0.767. The molecule has 0 bridgehead atoms. The van der Waals surface area contributed by atoms with Crippen molar-refractivity contribution in [2.24, 2.45) is 0 Å². The van der Waals surface area contributed by atoms with Crippen LogP contribution in [0.25, 0.3) is 0 Å². The first kappa shape index (κ1) is 104. The molecule has 50 atom stereocenters. The van der Waals surface area contributed by atoms with E-state index >= 15 is 0 Å². The highest BCUT2D eigenvalue weighted by Gasteiger charge is 2.62. The lowest BCUT2D eigenvalue weighted by molar-refractivity contribution is -0.399. The summed E-state index contributed by atoms with van der Waals surface area (Å²) in [6.07, 6.45) is -94.7. The van der Waals surface area contributed by atoms with E-state index in [1.165, 1.54) is 0 Å². The van der Waals surface area contributed by atoms with E-state index in [1.54, 1.807) is 0 Å². The molecule has 0 aromatic carbocycles. The lowest BCUT2D eigenvalue weighted by Crippen LogP contribution is -2.70. The Labute approximate surface area is 713 Å². The summed E-state index contributed by atoms with van der Waals surface area (Å²) in [7, 11) is 0. The summed E-state index contributed by atoms with van der Waals surface area (Å²) >= 11 is 0. The van der Waals surface area contributed by atoms with Crippen molar-refractivity contribution in [2.45, 2.75) is 341 Å². The summed E-state index contributed by atoms with van der Waals surface area (Å²) < 4.78 is 113. The van der Waals surface area contributed by atoms with Gasteiger partial charge in [-0.15, -0.1) is 0 Å². The summed E-state index contributed by atoms with van der Waals surface area (Å²) in [5, 5.41) is 315. The first-order chi connectivity index (χ1) is 59.6. The molecule has 10 aliphatic rings. The Kier molecular flexibility index (Phi) is 37.4. The van der Waals surface area contributed by atoms with Crippen molar-refractivity contribution in [2.75, 3.05) is 66.1 Å². The minimum Gasteiger partial charge on any atom is -0.394 e. The molecular weight excluding hydrogens is 1730 g/mol. The number of amides is 5. The largest absolute Gasteiger partial charge is 0.394 e. The van der Waals surface area contributed by atoms with Crippen molar-refractivity contribution < 1.29 is 252 Å². The molecule has 126 heavy (non-hydrogen) atoms. The minimum absolute atomic E-state index is 0.809. The van der Waals surface area contributed by atoms with Crippen LogP contribution in [0.3, 0.4) is 0 Å². The van der Waals surface area contributed by atoms with Crippen molar-refractivity contribution in [3.05, 3.63) is 0 Å². The molecule has 5 amide bonds. The Balaban J connectivity index is 0.925. The van der Waals surface area contributed by atoms with Crippen molar-refractivity contribution in [1.82, 2.24) is 26.6 Å². The third-order valence-electron chi connectivity index (χ3n) is 22.9. The molecule has 10 rings (SSSR count). The fourth-order valence-electron chi connectivity index (χ4n) is 16.3. The summed E-state index contributed by atoms with van der Waals surface area (Å²) in [6.45, 7) is -6.36. The molecule has 728 valence electrons. The zero-order valence-corrected chi connectivity index (χ0v) is 67.8. The van der Waals surface area contributed by atoms with Gasteiger partial charge in [-0.2, -0.15) is 0 Å². The molecule has 1 unspecified atom stereocenters. The molecule has 10 saturated heterocycles. The van der Waals surface area contributed by atoms with Crippen LogP contribution in [0, 0.1) is 0 Å². The van der Waals surface area contributed by atoms with Gasteiger partial charge in [-0.25, -0.2) is 0 Å². The Morgan fingerprint density at radius 2 is 0.421 bits per heavy atom. The van der Waals surface area contributed by atoms with Crippen molar-refractivity contribution >= 4 is 29.5 Å². The number of carbonyl (C=O) groups excluding carboxylic acids is 5. The van der Waals surface area contributed by atoms with E-state index in [4.69, 9.17) is 90.0 Å². The normalized spacial score (nSPS) is 48.4. The molecule has 10 fully saturated rings. The highest BCUT2D eigenvalue weighted by molar-refractivity contribution is 5.75. The number of aliphatic hydroxyl groups excluding tert-OH is 27. The van der Waals surface area contributed by atoms with Gasteiger partial charge in [0.2, 0.25) is 29.5 Å². The van der Waals surface area contributed by atoms with E-state index in [9.17, 15) is 162 Å². The molecule has 0 spiro atoms. The average molecular weight is 1840 g/mol. The van der Waals surface area contributed by atoms with E-state index in [2.05, 4.69) is 26.6 Å². The summed E-state index contributed by atoms with van der Waals surface area (Å²) in [4.78, 5) is 63.2. The van der Waals surface area contributed by atoms with Crippen molar-refractivity contribution in [3.63, 3.8) is 0 Å². The molecule has 10 heterocycles. The van der Waals surface area contributed by atoms with Gasteiger partial charge in [0.1, 0.15) is 244 Å². The Hall–Kier alpha value is -4.49. The molecule has 0 radical (unpaired) electrons. The van der Waals surface area contributed by atoms with Gasteiger partial charge in [0.15, 0.2) is 62.9 Å². The van der Waals surface area contributed by atoms with Crippen molar-refractivity contribution in [3.8, 4) is 0 Å². The lowest BCUT2D eigenvalue weighted by Gasteiger charge is -2.51. The van der Waals surface area contributed by atoms with Crippen LogP contribution in [0.5, 0.6) is 0 Å². The molecule has 0 aromatic rings. The lowest BCUT2D eigenvalue weighted by atomic mass is 9.94. The predicted octanol–water partition coefficient (Wildman–Crippen LogP) is -22.1. The molecule has 56 nitrogen and oxygen atoms in total. The van der Waals surface area contributed by atoms with Gasteiger partial charge >= 0.3 is 0 Å². The van der Waals surface area contributed by atoms with Crippen LogP contribution < -0.4 is 26.6 Å². The third-order valence-corrected chi connectivity index (χ3v) is 22.9. The smallest absolute Gasteiger partial charge is 0.217 e. The zero-order valence-electron chi connectivity index (χ0n) is 67.8. The van der Waals surface area contributed by atoms with Crippen LogP contribution in [-0.4, -0.2) is 540 Å². The monoisotopic (exact) mass is 1840 g/mol. The third kappa shape index (κ3) is 22.9. The molecule has 32 N–H and O–H groups in total. The maximum absolute atomic E-state index is 13.2. The topological polar surface area (TPSA) is 867 Å². The van der Waals surface area contributed by atoms with E-state index in [0.29, 0.717) is 0 Å². The van der Waals surface area contributed by atoms with Crippen LogP contribution >= 0.6 is 0 Å². The second-order valence-corrected chi connectivity index (χ2v) is 31.7. The van der Waals surface area contributed by atoms with Crippen LogP contribution in [0.15, 0.2) is 0 Å². The molecule has 10 aliphatic heterocycles.